The maximum Gasteiger partial charge on any atom is 0.225 e. The standard InChI is InChI=1S/C13H18F2N2O3S/c1-9(2)17(21(3,19)20)7-6-13(18)16-12-5-4-10(14)8-11(12)15/h4-5,8-9H,6-7H2,1-3H3,(H,16,18). The van der Waals surface area contributed by atoms with Gasteiger partial charge in [-0.05, 0) is 26.0 Å². The van der Waals surface area contributed by atoms with E-state index in [4.69, 9.17) is 0 Å². The average Bonchev–Trinajstić information content (AvgIpc) is 2.30. The second kappa shape index (κ2) is 6.95. The summed E-state index contributed by atoms with van der Waals surface area (Å²) >= 11 is 0. The van der Waals surface area contributed by atoms with Gasteiger partial charge in [-0.2, -0.15) is 4.31 Å². The molecule has 1 rings (SSSR count). The molecule has 0 saturated heterocycles. The summed E-state index contributed by atoms with van der Waals surface area (Å²) in [7, 11) is -3.42. The zero-order valence-electron chi connectivity index (χ0n) is 12.1. The molecule has 1 aromatic carbocycles. The molecule has 118 valence electrons. The predicted molar refractivity (Wildman–Crippen MR) is 76.3 cm³/mol. The van der Waals surface area contributed by atoms with Crippen LogP contribution in [0.5, 0.6) is 0 Å². The first-order valence-corrected chi connectivity index (χ1v) is 8.18. The lowest BCUT2D eigenvalue weighted by molar-refractivity contribution is -0.116. The summed E-state index contributed by atoms with van der Waals surface area (Å²) in [5.74, 6) is -2.17. The second-order valence-electron chi connectivity index (χ2n) is 4.89. The normalized spacial score (nSPS) is 12.0. The Hall–Kier alpha value is -1.54. The smallest absolute Gasteiger partial charge is 0.225 e. The molecule has 1 N–H and O–H groups in total. The summed E-state index contributed by atoms with van der Waals surface area (Å²) in [5, 5.41) is 2.28. The number of halogens is 2. The van der Waals surface area contributed by atoms with Crippen molar-refractivity contribution >= 4 is 21.6 Å². The van der Waals surface area contributed by atoms with Crippen molar-refractivity contribution < 1.29 is 22.0 Å². The van der Waals surface area contributed by atoms with Gasteiger partial charge in [0, 0.05) is 25.1 Å². The number of amides is 1. The zero-order chi connectivity index (χ0) is 16.2. The largest absolute Gasteiger partial charge is 0.324 e. The summed E-state index contributed by atoms with van der Waals surface area (Å²) in [6.07, 6.45) is 0.937. The van der Waals surface area contributed by atoms with Crippen molar-refractivity contribution in [3.8, 4) is 0 Å². The first-order valence-electron chi connectivity index (χ1n) is 6.33. The molecule has 1 amide bonds. The van der Waals surface area contributed by atoms with Gasteiger partial charge in [0.25, 0.3) is 0 Å². The molecular weight excluding hydrogens is 302 g/mol. The Balaban J connectivity index is 2.65. The van der Waals surface area contributed by atoms with Gasteiger partial charge >= 0.3 is 0 Å². The number of anilines is 1. The SMILES string of the molecule is CC(C)N(CCC(=O)Nc1ccc(F)cc1F)S(C)(=O)=O. The third-order valence-electron chi connectivity index (χ3n) is 2.77. The van der Waals surface area contributed by atoms with Crippen LogP contribution < -0.4 is 5.32 Å². The van der Waals surface area contributed by atoms with Crippen LogP contribution in [0.1, 0.15) is 20.3 Å². The van der Waals surface area contributed by atoms with Crippen molar-refractivity contribution in [2.24, 2.45) is 0 Å². The van der Waals surface area contributed by atoms with Crippen LogP contribution in [0.4, 0.5) is 14.5 Å². The van der Waals surface area contributed by atoms with E-state index in [1.54, 1.807) is 13.8 Å². The molecule has 0 heterocycles. The molecule has 0 spiro atoms. The van der Waals surface area contributed by atoms with Crippen LogP contribution in [0.3, 0.4) is 0 Å². The quantitative estimate of drug-likeness (QED) is 0.871. The van der Waals surface area contributed by atoms with Gasteiger partial charge in [0.1, 0.15) is 11.6 Å². The molecule has 0 unspecified atom stereocenters. The van der Waals surface area contributed by atoms with Crippen molar-refractivity contribution in [3.05, 3.63) is 29.8 Å². The molecule has 8 heteroatoms. The molecule has 0 fully saturated rings. The molecule has 0 radical (unpaired) electrons. The van der Waals surface area contributed by atoms with E-state index in [9.17, 15) is 22.0 Å². The average molecular weight is 320 g/mol. The number of sulfonamides is 1. The van der Waals surface area contributed by atoms with Crippen molar-refractivity contribution in [2.45, 2.75) is 26.3 Å². The minimum Gasteiger partial charge on any atom is -0.324 e. The highest BCUT2D eigenvalue weighted by atomic mass is 32.2. The Kier molecular flexibility index (Phi) is 5.79. The summed E-state index contributed by atoms with van der Waals surface area (Å²) in [6, 6.07) is 2.51. The number of hydrogen-bond acceptors (Lipinski definition) is 3. The molecule has 5 nitrogen and oxygen atoms in total. The summed E-state index contributed by atoms with van der Waals surface area (Å²) in [5.41, 5.74) is -0.142. The van der Waals surface area contributed by atoms with Crippen molar-refractivity contribution in [3.63, 3.8) is 0 Å². The topological polar surface area (TPSA) is 66.5 Å². The maximum absolute atomic E-state index is 13.4. The predicted octanol–water partition coefficient (Wildman–Crippen LogP) is 1.96. The maximum atomic E-state index is 13.4. The molecular formula is C13H18F2N2O3S. The fourth-order valence-electron chi connectivity index (χ4n) is 1.82. The molecule has 0 aliphatic rings. The number of rotatable bonds is 6. The third-order valence-corrected chi connectivity index (χ3v) is 4.22. The van der Waals surface area contributed by atoms with Crippen LogP contribution in [0.2, 0.25) is 0 Å². The van der Waals surface area contributed by atoms with E-state index in [0.29, 0.717) is 6.07 Å². The van der Waals surface area contributed by atoms with E-state index in [-0.39, 0.29) is 24.7 Å². The summed E-state index contributed by atoms with van der Waals surface area (Å²) < 4.78 is 50.3. The molecule has 0 aromatic heterocycles. The minimum absolute atomic E-state index is 0.00878. The third kappa shape index (κ3) is 5.39. The lowest BCUT2D eigenvalue weighted by atomic mass is 10.2. The van der Waals surface area contributed by atoms with Crippen molar-refractivity contribution in [1.29, 1.82) is 0 Å². The number of nitrogens with zero attached hydrogens (tertiary/aromatic N) is 1. The Morgan fingerprint density at radius 1 is 1.33 bits per heavy atom. The number of benzene rings is 1. The van der Waals surface area contributed by atoms with E-state index in [1.807, 2.05) is 0 Å². The van der Waals surface area contributed by atoms with Gasteiger partial charge in [0.15, 0.2) is 0 Å². The fourth-order valence-corrected chi connectivity index (χ4v) is 3.01. The van der Waals surface area contributed by atoms with Gasteiger partial charge in [-0.1, -0.05) is 0 Å². The highest BCUT2D eigenvalue weighted by Gasteiger charge is 2.21. The van der Waals surface area contributed by atoms with E-state index in [1.165, 1.54) is 4.31 Å². The Bertz CT molecular complexity index is 618. The molecule has 1 aromatic rings. The number of carbonyl (C=O) groups is 1. The summed E-state index contributed by atoms with van der Waals surface area (Å²) in [6.45, 7) is 3.38. The van der Waals surface area contributed by atoms with Crippen LogP contribution in [0.25, 0.3) is 0 Å². The molecule has 0 aliphatic carbocycles. The van der Waals surface area contributed by atoms with E-state index >= 15 is 0 Å². The van der Waals surface area contributed by atoms with E-state index in [2.05, 4.69) is 5.32 Å². The minimum atomic E-state index is -3.42. The van der Waals surface area contributed by atoms with Gasteiger partial charge < -0.3 is 5.32 Å². The molecule has 0 saturated carbocycles. The molecule has 0 atom stereocenters. The van der Waals surface area contributed by atoms with Crippen LogP contribution in [0.15, 0.2) is 18.2 Å². The second-order valence-corrected chi connectivity index (χ2v) is 6.82. The first kappa shape index (κ1) is 17.5. The van der Waals surface area contributed by atoms with Crippen LogP contribution >= 0.6 is 0 Å². The van der Waals surface area contributed by atoms with E-state index in [0.717, 1.165) is 18.4 Å². The van der Waals surface area contributed by atoms with Crippen LogP contribution in [0, 0.1) is 11.6 Å². The first-order chi connectivity index (χ1) is 9.61. The van der Waals surface area contributed by atoms with E-state index < -0.39 is 27.6 Å². The lowest BCUT2D eigenvalue weighted by Gasteiger charge is -2.23. The zero-order valence-corrected chi connectivity index (χ0v) is 12.9. The Labute approximate surface area is 123 Å². The highest BCUT2D eigenvalue weighted by Crippen LogP contribution is 2.15. The lowest BCUT2D eigenvalue weighted by Crippen LogP contribution is -2.38. The fraction of sp³-hybridized carbons (Fsp3) is 0.462. The van der Waals surface area contributed by atoms with Crippen LogP contribution in [-0.4, -0.2) is 37.5 Å². The van der Waals surface area contributed by atoms with Gasteiger partial charge in [0.05, 0.1) is 11.9 Å². The van der Waals surface area contributed by atoms with Gasteiger partial charge in [-0.3, -0.25) is 4.79 Å². The van der Waals surface area contributed by atoms with Crippen molar-refractivity contribution in [1.82, 2.24) is 4.31 Å². The number of nitrogens with one attached hydrogen (secondary N) is 1. The number of carbonyl (C=O) groups excluding carboxylic acids is 1. The molecule has 0 bridgehead atoms. The van der Waals surface area contributed by atoms with Crippen molar-refractivity contribution in [2.75, 3.05) is 18.1 Å². The Morgan fingerprint density at radius 2 is 1.95 bits per heavy atom. The van der Waals surface area contributed by atoms with Gasteiger partial charge in [0.2, 0.25) is 15.9 Å². The monoisotopic (exact) mass is 320 g/mol. The molecule has 21 heavy (non-hydrogen) atoms. The van der Waals surface area contributed by atoms with Gasteiger partial charge in [-0.15, -0.1) is 0 Å². The van der Waals surface area contributed by atoms with Crippen LogP contribution in [-0.2, 0) is 14.8 Å². The molecule has 0 aliphatic heterocycles. The number of hydrogen-bond donors (Lipinski definition) is 1. The van der Waals surface area contributed by atoms with Gasteiger partial charge in [-0.25, -0.2) is 17.2 Å². The Morgan fingerprint density at radius 3 is 2.43 bits per heavy atom. The highest BCUT2D eigenvalue weighted by molar-refractivity contribution is 7.88. The summed E-state index contributed by atoms with van der Waals surface area (Å²) in [4.78, 5) is 11.7.